The molecule has 0 radical (unpaired) electrons. The van der Waals surface area contributed by atoms with Gasteiger partial charge in [0.1, 0.15) is 11.8 Å². The number of methoxy groups -OCH3 is 1. The van der Waals surface area contributed by atoms with Crippen molar-refractivity contribution in [1.82, 2.24) is 10.6 Å². The molecule has 0 fully saturated rings. The Kier molecular flexibility index (Phi) is 7.87. The van der Waals surface area contributed by atoms with E-state index in [1.807, 2.05) is 48.5 Å². The van der Waals surface area contributed by atoms with Crippen molar-refractivity contribution in [3.8, 4) is 5.75 Å². The lowest BCUT2D eigenvalue weighted by atomic mass is 9.95. The topological polar surface area (TPSA) is 79.5 Å². The average molecular weight is 452 g/mol. The second-order valence-corrected chi connectivity index (χ2v) is 7.48. The fourth-order valence-electron chi connectivity index (χ4n) is 3.72. The molecular weight excluding hydrogens is 426 g/mol. The van der Waals surface area contributed by atoms with E-state index in [2.05, 4.69) is 22.0 Å². The van der Waals surface area contributed by atoms with E-state index in [-0.39, 0.29) is 24.2 Å². The quantitative estimate of drug-likeness (QED) is 0.534. The van der Waals surface area contributed by atoms with Crippen LogP contribution in [0.2, 0.25) is 0 Å². The molecule has 166 valence electrons. The van der Waals surface area contributed by atoms with Gasteiger partial charge in [-0.3, -0.25) is 9.59 Å². The predicted octanol–water partition coefficient (Wildman–Crippen LogP) is 3.63. The standard InChI is InChI=1S/C25H25N3O3.ClH/c1-31-21-13-11-20(12-14-21)27-25(30)23(17-7-3-2-4-8-17)28-24(29)22-15-18-9-5-6-10-19(18)16-26-22;/h2-14,22-23,26H,15-16H2,1H3,(H,27,30)(H,28,29);1H/t22-,23+;/m0./s1. The second kappa shape index (κ2) is 10.8. The highest BCUT2D eigenvalue weighted by Gasteiger charge is 2.29. The van der Waals surface area contributed by atoms with Crippen molar-refractivity contribution in [2.45, 2.75) is 25.0 Å². The molecule has 7 heteroatoms. The van der Waals surface area contributed by atoms with Crippen LogP contribution >= 0.6 is 12.4 Å². The van der Waals surface area contributed by atoms with Crippen molar-refractivity contribution in [2.75, 3.05) is 12.4 Å². The van der Waals surface area contributed by atoms with E-state index < -0.39 is 12.1 Å². The van der Waals surface area contributed by atoms with E-state index in [0.717, 1.165) is 11.1 Å². The first-order chi connectivity index (χ1) is 15.1. The van der Waals surface area contributed by atoms with Crippen molar-refractivity contribution in [1.29, 1.82) is 0 Å². The third-order valence-corrected chi connectivity index (χ3v) is 5.44. The lowest BCUT2D eigenvalue weighted by molar-refractivity contribution is -0.128. The molecule has 1 aliphatic heterocycles. The van der Waals surface area contributed by atoms with Crippen LogP contribution in [0.1, 0.15) is 22.7 Å². The first kappa shape index (κ1) is 23.3. The first-order valence-corrected chi connectivity index (χ1v) is 10.2. The fourth-order valence-corrected chi connectivity index (χ4v) is 3.72. The van der Waals surface area contributed by atoms with Gasteiger partial charge in [0, 0.05) is 12.2 Å². The summed E-state index contributed by atoms with van der Waals surface area (Å²) >= 11 is 0. The molecule has 32 heavy (non-hydrogen) atoms. The molecule has 3 aromatic carbocycles. The molecule has 0 aromatic heterocycles. The van der Waals surface area contributed by atoms with Crippen LogP contribution < -0.4 is 20.7 Å². The van der Waals surface area contributed by atoms with E-state index in [4.69, 9.17) is 4.74 Å². The van der Waals surface area contributed by atoms with E-state index in [9.17, 15) is 9.59 Å². The number of hydrogen-bond acceptors (Lipinski definition) is 4. The molecule has 3 aromatic rings. The first-order valence-electron chi connectivity index (χ1n) is 10.2. The number of benzene rings is 3. The molecule has 0 bridgehead atoms. The Morgan fingerprint density at radius 2 is 1.59 bits per heavy atom. The number of carbonyl (C=O) groups excluding carboxylic acids is 2. The Morgan fingerprint density at radius 3 is 2.28 bits per heavy atom. The third-order valence-electron chi connectivity index (χ3n) is 5.44. The molecule has 2 atom stereocenters. The molecule has 2 amide bonds. The van der Waals surface area contributed by atoms with Gasteiger partial charge in [0.25, 0.3) is 5.91 Å². The SMILES string of the molecule is COc1ccc(NC(=O)[C@H](NC(=O)[C@@H]2Cc3ccccc3CN2)c2ccccc2)cc1.Cl. The Hall–Kier alpha value is -3.35. The average Bonchev–Trinajstić information content (AvgIpc) is 2.83. The van der Waals surface area contributed by atoms with Crippen molar-refractivity contribution < 1.29 is 14.3 Å². The maximum atomic E-state index is 13.1. The molecule has 0 aliphatic carbocycles. The maximum absolute atomic E-state index is 13.1. The van der Waals surface area contributed by atoms with Gasteiger partial charge >= 0.3 is 0 Å². The van der Waals surface area contributed by atoms with Crippen LogP contribution in [-0.4, -0.2) is 25.0 Å². The van der Waals surface area contributed by atoms with Crippen LogP contribution in [0.3, 0.4) is 0 Å². The number of nitrogens with one attached hydrogen (secondary N) is 3. The van der Waals surface area contributed by atoms with E-state index >= 15 is 0 Å². The number of hydrogen-bond donors (Lipinski definition) is 3. The van der Waals surface area contributed by atoms with Gasteiger partial charge in [0.05, 0.1) is 13.2 Å². The van der Waals surface area contributed by atoms with Gasteiger partial charge in [0.2, 0.25) is 5.91 Å². The maximum Gasteiger partial charge on any atom is 0.251 e. The Bertz CT molecular complexity index is 1060. The summed E-state index contributed by atoms with van der Waals surface area (Å²) in [6.07, 6.45) is 0.587. The van der Waals surface area contributed by atoms with Crippen LogP contribution in [-0.2, 0) is 22.6 Å². The molecule has 0 saturated carbocycles. The summed E-state index contributed by atoms with van der Waals surface area (Å²) < 4.78 is 5.16. The zero-order chi connectivity index (χ0) is 21.6. The van der Waals surface area contributed by atoms with Gasteiger partial charge in [-0.25, -0.2) is 0 Å². The summed E-state index contributed by atoms with van der Waals surface area (Å²) in [7, 11) is 1.59. The zero-order valence-electron chi connectivity index (χ0n) is 17.7. The summed E-state index contributed by atoms with van der Waals surface area (Å²) in [5.74, 6) is 0.198. The van der Waals surface area contributed by atoms with Crippen molar-refractivity contribution >= 4 is 29.9 Å². The molecule has 6 nitrogen and oxygen atoms in total. The van der Waals surface area contributed by atoms with Gasteiger partial charge in [-0.05, 0) is 47.4 Å². The molecule has 4 rings (SSSR count). The monoisotopic (exact) mass is 451 g/mol. The molecule has 1 heterocycles. The summed E-state index contributed by atoms with van der Waals surface area (Å²) in [4.78, 5) is 26.2. The number of halogens is 1. The molecule has 0 unspecified atom stereocenters. The van der Waals surface area contributed by atoms with Crippen LogP contribution in [0, 0.1) is 0 Å². The lowest BCUT2D eigenvalue weighted by Crippen LogP contribution is -2.50. The number of amides is 2. The molecule has 1 aliphatic rings. The number of anilines is 1. The highest BCUT2D eigenvalue weighted by atomic mass is 35.5. The summed E-state index contributed by atoms with van der Waals surface area (Å²) in [6.45, 7) is 0.627. The minimum absolute atomic E-state index is 0. The normalized spacial score (nSPS) is 15.5. The minimum Gasteiger partial charge on any atom is -0.497 e. The zero-order valence-corrected chi connectivity index (χ0v) is 18.5. The molecule has 3 N–H and O–H groups in total. The van der Waals surface area contributed by atoms with E-state index in [1.54, 1.807) is 31.4 Å². The van der Waals surface area contributed by atoms with Gasteiger partial charge in [-0.15, -0.1) is 12.4 Å². The second-order valence-electron chi connectivity index (χ2n) is 7.48. The van der Waals surface area contributed by atoms with Crippen LogP contribution in [0.15, 0.2) is 78.9 Å². The molecule has 0 spiro atoms. The van der Waals surface area contributed by atoms with Crippen LogP contribution in [0.5, 0.6) is 5.75 Å². The van der Waals surface area contributed by atoms with Crippen LogP contribution in [0.4, 0.5) is 5.69 Å². The summed E-state index contributed by atoms with van der Waals surface area (Å²) in [5.41, 5.74) is 3.70. The number of carbonyl (C=O) groups is 2. The summed E-state index contributed by atoms with van der Waals surface area (Å²) in [6, 6.07) is 23.2. The van der Waals surface area contributed by atoms with Crippen LogP contribution in [0.25, 0.3) is 0 Å². The lowest BCUT2D eigenvalue weighted by Gasteiger charge is -2.27. The fraction of sp³-hybridized carbons (Fsp3) is 0.200. The van der Waals surface area contributed by atoms with Crippen molar-refractivity contribution in [2.24, 2.45) is 0 Å². The minimum atomic E-state index is -0.810. The smallest absolute Gasteiger partial charge is 0.251 e. The van der Waals surface area contributed by atoms with Gasteiger partial charge in [0.15, 0.2) is 0 Å². The summed E-state index contributed by atoms with van der Waals surface area (Å²) in [5, 5.41) is 9.10. The molecular formula is C25H26ClN3O3. The Balaban J connectivity index is 0.00000289. The number of ether oxygens (including phenoxy) is 1. The third kappa shape index (κ3) is 5.46. The van der Waals surface area contributed by atoms with E-state index in [1.165, 1.54) is 5.56 Å². The predicted molar refractivity (Wildman–Crippen MR) is 127 cm³/mol. The molecule has 0 saturated heterocycles. The highest BCUT2D eigenvalue weighted by molar-refractivity contribution is 5.98. The van der Waals surface area contributed by atoms with Gasteiger partial charge in [-0.2, -0.15) is 0 Å². The van der Waals surface area contributed by atoms with Gasteiger partial charge in [-0.1, -0.05) is 54.6 Å². The highest BCUT2D eigenvalue weighted by Crippen LogP contribution is 2.21. The van der Waals surface area contributed by atoms with Gasteiger partial charge < -0.3 is 20.7 Å². The Morgan fingerprint density at radius 1 is 0.938 bits per heavy atom. The number of rotatable bonds is 6. The number of fused-ring (bicyclic) bond motifs is 1. The Labute approximate surface area is 193 Å². The van der Waals surface area contributed by atoms with Crippen molar-refractivity contribution in [3.05, 3.63) is 95.6 Å². The van der Waals surface area contributed by atoms with E-state index in [0.29, 0.717) is 24.4 Å². The largest absolute Gasteiger partial charge is 0.497 e. The van der Waals surface area contributed by atoms with Crippen molar-refractivity contribution in [3.63, 3.8) is 0 Å².